The van der Waals surface area contributed by atoms with Gasteiger partial charge in [-0.05, 0) is 57.1 Å². The van der Waals surface area contributed by atoms with E-state index >= 15 is 0 Å². The Bertz CT molecular complexity index is 583. The Hall–Kier alpha value is -2.01. The number of cyclic esters (lactones) is 1. The molecule has 2 unspecified atom stereocenters. The molecular weight excluding hydrogens is 294 g/mol. The van der Waals surface area contributed by atoms with Crippen molar-refractivity contribution in [2.75, 3.05) is 0 Å². The average Bonchev–Trinajstić information content (AvgIpc) is 2.45. The number of aromatic hydroxyl groups is 2. The van der Waals surface area contributed by atoms with Crippen LogP contribution in [0.15, 0.2) is 18.2 Å². The molecule has 5 heteroatoms. The van der Waals surface area contributed by atoms with Crippen LogP contribution in [0.25, 0.3) is 6.08 Å². The van der Waals surface area contributed by atoms with E-state index in [2.05, 4.69) is 0 Å². The zero-order valence-corrected chi connectivity index (χ0v) is 13.5. The van der Waals surface area contributed by atoms with Gasteiger partial charge >= 0.3 is 5.97 Å². The third-order valence-corrected chi connectivity index (χ3v) is 4.07. The highest BCUT2D eigenvalue weighted by atomic mass is 16.5. The van der Waals surface area contributed by atoms with Gasteiger partial charge in [-0.25, -0.2) is 4.79 Å². The number of phenols is 2. The van der Waals surface area contributed by atoms with Crippen molar-refractivity contribution in [3.8, 4) is 11.5 Å². The molecule has 0 amide bonds. The lowest BCUT2D eigenvalue weighted by Crippen LogP contribution is -2.21. The maximum atomic E-state index is 12.4. The molecule has 2 atom stereocenters. The first-order valence-corrected chi connectivity index (χ1v) is 8.16. The second-order valence-electron chi connectivity index (χ2n) is 6.17. The molecule has 1 heterocycles. The Morgan fingerprint density at radius 3 is 2.70 bits per heavy atom. The van der Waals surface area contributed by atoms with Gasteiger partial charge in [-0.15, -0.1) is 0 Å². The van der Waals surface area contributed by atoms with Crippen molar-refractivity contribution >= 4 is 12.0 Å². The summed E-state index contributed by atoms with van der Waals surface area (Å²) in [4.78, 5) is 12.4. The molecule has 1 aromatic carbocycles. The molecule has 4 N–H and O–H groups in total. The SMILES string of the molecule is CC1CCCC(N)CCC/C=C\c2cc(O)cc(O)c2C(=O)O1. The van der Waals surface area contributed by atoms with Gasteiger partial charge in [0.05, 0.1) is 6.10 Å². The van der Waals surface area contributed by atoms with Gasteiger partial charge in [0, 0.05) is 12.1 Å². The fraction of sp³-hybridized carbons (Fsp3) is 0.500. The predicted molar refractivity (Wildman–Crippen MR) is 89.4 cm³/mol. The van der Waals surface area contributed by atoms with E-state index in [4.69, 9.17) is 10.5 Å². The van der Waals surface area contributed by atoms with Crippen LogP contribution in [0.2, 0.25) is 0 Å². The zero-order chi connectivity index (χ0) is 16.8. The number of hydrogen-bond acceptors (Lipinski definition) is 5. The van der Waals surface area contributed by atoms with Crippen LogP contribution < -0.4 is 5.73 Å². The lowest BCUT2D eigenvalue weighted by Gasteiger charge is -2.17. The average molecular weight is 319 g/mol. The molecule has 2 rings (SSSR count). The number of carbonyl (C=O) groups excluding carboxylic acids is 1. The molecule has 5 nitrogen and oxygen atoms in total. The smallest absolute Gasteiger partial charge is 0.342 e. The molecular formula is C18H25NO4. The van der Waals surface area contributed by atoms with Gasteiger partial charge in [0.15, 0.2) is 0 Å². The molecule has 0 saturated heterocycles. The number of rotatable bonds is 0. The molecule has 126 valence electrons. The maximum Gasteiger partial charge on any atom is 0.342 e. The quantitative estimate of drug-likeness (QED) is 0.638. The standard InChI is InChI=1S/C18H25NO4/c1-12-6-5-9-14(19)8-4-2-3-7-13-10-15(20)11-16(21)17(13)18(22)23-12/h3,7,10-12,14,20-21H,2,4-6,8-9,19H2,1H3/b7-3-. The van der Waals surface area contributed by atoms with Gasteiger partial charge in [-0.2, -0.15) is 0 Å². The van der Waals surface area contributed by atoms with Gasteiger partial charge in [0.2, 0.25) is 0 Å². The summed E-state index contributed by atoms with van der Waals surface area (Å²) < 4.78 is 5.42. The number of phenolic OH excluding ortho intramolecular Hbond substituents is 2. The van der Waals surface area contributed by atoms with Gasteiger partial charge in [-0.1, -0.05) is 12.2 Å². The first kappa shape index (κ1) is 17.3. The van der Waals surface area contributed by atoms with E-state index in [1.807, 2.05) is 13.0 Å². The summed E-state index contributed by atoms with van der Waals surface area (Å²) in [5, 5.41) is 19.7. The minimum absolute atomic E-state index is 0.0881. The van der Waals surface area contributed by atoms with Crippen molar-refractivity contribution in [1.29, 1.82) is 0 Å². The van der Waals surface area contributed by atoms with E-state index < -0.39 is 5.97 Å². The number of esters is 1. The third-order valence-electron chi connectivity index (χ3n) is 4.07. The highest BCUT2D eigenvalue weighted by Gasteiger charge is 2.20. The van der Waals surface area contributed by atoms with Crippen molar-refractivity contribution in [2.24, 2.45) is 5.73 Å². The van der Waals surface area contributed by atoms with E-state index in [-0.39, 0.29) is 29.2 Å². The molecule has 0 spiro atoms. The van der Waals surface area contributed by atoms with Crippen LogP contribution in [0.4, 0.5) is 0 Å². The van der Waals surface area contributed by atoms with Gasteiger partial charge in [0.25, 0.3) is 0 Å². The van der Waals surface area contributed by atoms with Crippen molar-refractivity contribution in [1.82, 2.24) is 0 Å². The highest BCUT2D eigenvalue weighted by Crippen LogP contribution is 2.30. The zero-order valence-electron chi connectivity index (χ0n) is 13.5. The van der Waals surface area contributed by atoms with Gasteiger partial charge in [-0.3, -0.25) is 0 Å². The van der Waals surface area contributed by atoms with E-state index in [0.29, 0.717) is 5.56 Å². The largest absolute Gasteiger partial charge is 0.508 e. The summed E-state index contributed by atoms with van der Waals surface area (Å²) in [7, 11) is 0. The molecule has 0 radical (unpaired) electrons. The van der Waals surface area contributed by atoms with Crippen LogP contribution in [0.5, 0.6) is 11.5 Å². The number of allylic oxidation sites excluding steroid dienone is 1. The molecule has 0 aromatic heterocycles. The molecule has 0 fully saturated rings. The van der Waals surface area contributed by atoms with Gasteiger partial charge < -0.3 is 20.7 Å². The monoisotopic (exact) mass is 319 g/mol. The van der Waals surface area contributed by atoms with Crippen molar-refractivity contribution in [2.45, 2.75) is 57.6 Å². The van der Waals surface area contributed by atoms with E-state index in [9.17, 15) is 15.0 Å². The van der Waals surface area contributed by atoms with E-state index in [1.54, 1.807) is 6.08 Å². The first-order valence-electron chi connectivity index (χ1n) is 8.16. The topological polar surface area (TPSA) is 92.8 Å². The van der Waals surface area contributed by atoms with Crippen LogP contribution >= 0.6 is 0 Å². The summed E-state index contributed by atoms with van der Waals surface area (Å²) >= 11 is 0. The lowest BCUT2D eigenvalue weighted by molar-refractivity contribution is 0.0315. The summed E-state index contributed by atoms with van der Waals surface area (Å²) in [6.45, 7) is 1.84. The molecule has 23 heavy (non-hydrogen) atoms. The fourth-order valence-corrected chi connectivity index (χ4v) is 2.81. The first-order chi connectivity index (χ1) is 11.0. The summed E-state index contributed by atoms with van der Waals surface area (Å²) in [6.07, 6.45) is 8.72. The van der Waals surface area contributed by atoms with Crippen molar-refractivity contribution < 1.29 is 19.7 Å². The Labute approximate surface area is 136 Å². The Kier molecular flexibility index (Phi) is 6.04. The number of benzene rings is 1. The van der Waals surface area contributed by atoms with E-state index in [1.165, 1.54) is 6.07 Å². The minimum Gasteiger partial charge on any atom is -0.508 e. The van der Waals surface area contributed by atoms with Crippen LogP contribution in [0, 0.1) is 0 Å². The van der Waals surface area contributed by atoms with Crippen LogP contribution in [-0.2, 0) is 4.74 Å². The molecule has 0 saturated carbocycles. The second kappa shape index (κ2) is 8.02. The minimum atomic E-state index is -0.573. The number of fused-ring (bicyclic) bond motifs is 1. The molecule has 1 aliphatic heterocycles. The number of carbonyl (C=O) groups is 1. The normalized spacial score (nSPS) is 25.0. The molecule has 0 aliphatic carbocycles. The van der Waals surface area contributed by atoms with Crippen molar-refractivity contribution in [3.63, 3.8) is 0 Å². The highest BCUT2D eigenvalue weighted by molar-refractivity contribution is 5.97. The van der Waals surface area contributed by atoms with Crippen LogP contribution in [0.1, 0.15) is 61.4 Å². The predicted octanol–water partition coefficient (Wildman–Crippen LogP) is 3.34. The summed E-state index contributed by atoms with van der Waals surface area (Å²) in [6, 6.07) is 2.78. The lowest BCUT2D eigenvalue weighted by atomic mass is 10.0. The van der Waals surface area contributed by atoms with Crippen LogP contribution in [0.3, 0.4) is 0 Å². The molecule has 1 aliphatic rings. The van der Waals surface area contributed by atoms with Crippen molar-refractivity contribution in [3.05, 3.63) is 29.3 Å². The van der Waals surface area contributed by atoms with Crippen LogP contribution in [-0.4, -0.2) is 28.3 Å². The second-order valence-corrected chi connectivity index (χ2v) is 6.17. The molecule has 0 bridgehead atoms. The molecule has 1 aromatic rings. The summed E-state index contributed by atoms with van der Waals surface area (Å²) in [5.74, 6) is -0.929. The van der Waals surface area contributed by atoms with Gasteiger partial charge in [0.1, 0.15) is 17.1 Å². The number of hydrogen-bond donors (Lipinski definition) is 3. The maximum absolute atomic E-state index is 12.4. The van der Waals surface area contributed by atoms with E-state index in [0.717, 1.165) is 44.6 Å². The Morgan fingerprint density at radius 2 is 1.91 bits per heavy atom. The summed E-state index contributed by atoms with van der Waals surface area (Å²) in [5.41, 5.74) is 6.63. The fourth-order valence-electron chi connectivity index (χ4n) is 2.81. The third kappa shape index (κ3) is 4.99. The number of nitrogens with two attached hydrogens (primary N) is 1. The number of ether oxygens (including phenoxy) is 1. The Balaban J connectivity index is 2.30. The Morgan fingerprint density at radius 1 is 1.17 bits per heavy atom.